The Morgan fingerprint density at radius 3 is 1.34 bits per heavy atom. The number of halogens is 6. The van der Waals surface area contributed by atoms with E-state index in [-0.39, 0.29) is 23.7 Å². The Bertz CT molecular complexity index is 652. The molecular formula is C14H18Cl6N4O2S3. The number of hydrogen-bond donors (Lipinski definition) is 2. The van der Waals surface area contributed by atoms with Crippen LogP contribution in [0.25, 0.3) is 0 Å². The molecule has 1 aromatic heterocycles. The SMILES string of the molecule is CC(C)C(=O)N[C@H](Sc1nnc(S[C@@H](NC(=O)C(C)C)C(Cl)(Cl)Cl)s1)C(Cl)(Cl)Cl. The molecule has 0 aliphatic heterocycles. The summed E-state index contributed by atoms with van der Waals surface area (Å²) in [7, 11) is 0. The molecule has 0 spiro atoms. The van der Waals surface area contributed by atoms with Crippen LogP contribution in [0.4, 0.5) is 0 Å². The van der Waals surface area contributed by atoms with E-state index in [9.17, 15) is 9.59 Å². The van der Waals surface area contributed by atoms with Crippen molar-refractivity contribution in [3.63, 3.8) is 0 Å². The molecule has 0 aliphatic carbocycles. The Kier molecular flexibility index (Phi) is 11.3. The van der Waals surface area contributed by atoms with Gasteiger partial charge in [-0.25, -0.2) is 0 Å². The van der Waals surface area contributed by atoms with Gasteiger partial charge in [-0.3, -0.25) is 9.59 Å². The molecule has 1 heterocycles. The minimum atomic E-state index is -1.78. The fourth-order valence-electron chi connectivity index (χ4n) is 1.44. The Labute approximate surface area is 211 Å². The number of alkyl halides is 6. The van der Waals surface area contributed by atoms with E-state index < -0.39 is 18.3 Å². The zero-order chi connectivity index (χ0) is 22.6. The van der Waals surface area contributed by atoms with E-state index in [4.69, 9.17) is 69.6 Å². The van der Waals surface area contributed by atoms with Gasteiger partial charge >= 0.3 is 0 Å². The van der Waals surface area contributed by atoms with E-state index in [1.54, 1.807) is 27.7 Å². The van der Waals surface area contributed by atoms with Gasteiger partial charge in [-0.1, -0.05) is 132 Å². The van der Waals surface area contributed by atoms with Crippen LogP contribution in [0.1, 0.15) is 27.7 Å². The van der Waals surface area contributed by atoms with E-state index in [0.29, 0.717) is 8.68 Å². The zero-order valence-corrected chi connectivity index (χ0v) is 22.5. The van der Waals surface area contributed by atoms with Crippen LogP contribution in [-0.4, -0.2) is 40.3 Å². The minimum absolute atomic E-state index is 0.277. The molecule has 2 atom stereocenters. The molecule has 6 nitrogen and oxygen atoms in total. The third-order valence-corrected chi connectivity index (χ3v) is 8.67. The van der Waals surface area contributed by atoms with Crippen LogP contribution in [0.3, 0.4) is 0 Å². The molecule has 0 bridgehead atoms. The molecule has 0 unspecified atom stereocenters. The van der Waals surface area contributed by atoms with Crippen molar-refractivity contribution in [2.24, 2.45) is 11.8 Å². The molecule has 0 saturated heterocycles. The number of carbonyl (C=O) groups is 2. The third-order valence-electron chi connectivity index (χ3n) is 3.02. The number of carbonyl (C=O) groups excluding carboxylic acids is 2. The van der Waals surface area contributed by atoms with Crippen molar-refractivity contribution < 1.29 is 9.59 Å². The largest absolute Gasteiger partial charge is 0.340 e. The Morgan fingerprint density at radius 2 is 1.10 bits per heavy atom. The van der Waals surface area contributed by atoms with Gasteiger partial charge in [0.25, 0.3) is 0 Å². The molecule has 2 N–H and O–H groups in total. The quantitative estimate of drug-likeness (QED) is 0.234. The maximum absolute atomic E-state index is 12.0. The number of rotatable bonds is 8. The highest BCUT2D eigenvalue weighted by Crippen LogP contribution is 2.44. The van der Waals surface area contributed by atoms with Crippen LogP contribution in [0, 0.1) is 11.8 Å². The van der Waals surface area contributed by atoms with Crippen LogP contribution < -0.4 is 10.6 Å². The summed E-state index contributed by atoms with van der Waals surface area (Å²) in [6.45, 7) is 6.88. The van der Waals surface area contributed by atoms with Crippen molar-refractivity contribution in [3.05, 3.63) is 0 Å². The van der Waals surface area contributed by atoms with Gasteiger partial charge in [0, 0.05) is 11.8 Å². The molecule has 166 valence electrons. The lowest BCUT2D eigenvalue weighted by Crippen LogP contribution is -2.43. The third kappa shape index (κ3) is 9.95. The Morgan fingerprint density at radius 1 is 0.793 bits per heavy atom. The van der Waals surface area contributed by atoms with Crippen LogP contribution >= 0.6 is 104 Å². The fourth-order valence-corrected chi connectivity index (χ4v) is 5.67. The maximum Gasteiger partial charge on any atom is 0.223 e. The molecular weight excluding hydrogens is 565 g/mol. The van der Waals surface area contributed by atoms with Gasteiger partial charge in [-0.2, -0.15) is 0 Å². The van der Waals surface area contributed by atoms with E-state index in [2.05, 4.69) is 20.8 Å². The smallest absolute Gasteiger partial charge is 0.223 e. The average molecular weight is 583 g/mol. The monoisotopic (exact) mass is 580 g/mol. The second-order valence-corrected chi connectivity index (χ2v) is 14.7. The lowest BCUT2D eigenvalue weighted by molar-refractivity contribution is -0.124. The van der Waals surface area contributed by atoms with Crippen molar-refractivity contribution in [2.45, 2.75) is 54.7 Å². The summed E-state index contributed by atoms with van der Waals surface area (Å²) in [6, 6.07) is 0. The summed E-state index contributed by atoms with van der Waals surface area (Å²) in [6.07, 6.45) is 0. The number of thioether (sulfide) groups is 2. The summed E-state index contributed by atoms with van der Waals surface area (Å²) < 4.78 is -2.71. The first-order valence-electron chi connectivity index (χ1n) is 8.02. The fraction of sp³-hybridized carbons (Fsp3) is 0.714. The van der Waals surface area contributed by atoms with E-state index >= 15 is 0 Å². The van der Waals surface area contributed by atoms with Crippen LogP contribution in [0.15, 0.2) is 8.68 Å². The molecule has 15 heteroatoms. The molecule has 0 saturated carbocycles. The second kappa shape index (κ2) is 11.7. The standard InChI is InChI=1S/C14H18Cl6N4O2S3/c1-5(2)7(25)21-9(13(15,16)17)27-11-23-24-12(29-11)28-10(14(18,19)20)22-8(26)6(3)4/h5-6,9-10H,1-4H3,(H,21,25)(H,22,26)/t9-,10-/m1/s1. The molecule has 0 radical (unpaired) electrons. The van der Waals surface area contributed by atoms with Gasteiger partial charge in [-0.15, -0.1) is 10.2 Å². The van der Waals surface area contributed by atoms with Crippen LogP contribution in [-0.2, 0) is 9.59 Å². The van der Waals surface area contributed by atoms with Gasteiger partial charge < -0.3 is 10.6 Å². The second-order valence-electron chi connectivity index (χ2n) is 6.24. The van der Waals surface area contributed by atoms with Crippen molar-refractivity contribution in [1.29, 1.82) is 0 Å². The predicted octanol–water partition coefficient (Wildman–Crippen LogP) is 5.66. The number of nitrogens with one attached hydrogen (secondary N) is 2. The molecule has 0 aliphatic rings. The zero-order valence-electron chi connectivity index (χ0n) is 15.5. The average Bonchev–Trinajstić information content (AvgIpc) is 2.98. The summed E-state index contributed by atoms with van der Waals surface area (Å²) in [5.41, 5.74) is 0. The topological polar surface area (TPSA) is 84.0 Å². The van der Waals surface area contributed by atoms with Gasteiger partial charge in [0.05, 0.1) is 0 Å². The summed E-state index contributed by atoms with van der Waals surface area (Å²) >= 11 is 39.1. The van der Waals surface area contributed by atoms with Crippen molar-refractivity contribution in [1.82, 2.24) is 20.8 Å². The number of nitrogens with zero attached hydrogens (tertiary/aromatic N) is 2. The first-order chi connectivity index (χ1) is 13.1. The summed E-state index contributed by atoms with van der Waals surface area (Å²) in [5, 5.41) is 11.6. The molecule has 2 amide bonds. The molecule has 0 fully saturated rings. The summed E-state index contributed by atoms with van der Waals surface area (Å²) in [4.78, 5) is 24.0. The molecule has 0 aromatic carbocycles. The van der Waals surface area contributed by atoms with Gasteiger partial charge in [-0.05, 0) is 0 Å². The highest BCUT2D eigenvalue weighted by molar-refractivity contribution is 8.04. The number of aromatic nitrogens is 2. The highest BCUT2D eigenvalue weighted by atomic mass is 35.6. The predicted molar refractivity (Wildman–Crippen MR) is 126 cm³/mol. The summed E-state index contributed by atoms with van der Waals surface area (Å²) in [5.74, 6) is -1.14. The lowest BCUT2D eigenvalue weighted by atomic mass is 10.2. The molecule has 29 heavy (non-hydrogen) atoms. The van der Waals surface area contributed by atoms with Crippen molar-refractivity contribution >= 4 is 116 Å². The maximum atomic E-state index is 12.0. The Hall–Kier alpha value is 0.940. The van der Waals surface area contributed by atoms with Gasteiger partial charge in [0.2, 0.25) is 19.4 Å². The van der Waals surface area contributed by atoms with Crippen molar-refractivity contribution in [3.8, 4) is 0 Å². The highest BCUT2D eigenvalue weighted by Gasteiger charge is 2.38. The first kappa shape index (κ1) is 28.0. The van der Waals surface area contributed by atoms with Gasteiger partial charge in [0.15, 0.2) is 8.68 Å². The number of hydrogen-bond acceptors (Lipinski definition) is 7. The number of amides is 2. The Balaban J connectivity index is 2.92. The van der Waals surface area contributed by atoms with Crippen molar-refractivity contribution in [2.75, 3.05) is 0 Å². The van der Waals surface area contributed by atoms with E-state index in [1.165, 1.54) is 0 Å². The van der Waals surface area contributed by atoms with Gasteiger partial charge in [0.1, 0.15) is 10.7 Å². The van der Waals surface area contributed by atoms with E-state index in [0.717, 1.165) is 34.9 Å². The lowest BCUT2D eigenvalue weighted by Gasteiger charge is -2.25. The normalized spacial score (nSPS) is 14.8. The van der Waals surface area contributed by atoms with Crippen LogP contribution in [0.2, 0.25) is 0 Å². The van der Waals surface area contributed by atoms with Crippen LogP contribution in [0.5, 0.6) is 0 Å². The first-order valence-corrected chi connectivity index (χ1v) is 12.9. The molecule has 1 aromatic rings. The minimum Gasteiger partial charge on any atom is -0.340 e. The molecule has 1 rings (SSSR count). The van der Waals surface area contributed by atoms with E-state index in [1.807, 2.05) is 0 Å².